The quantitative estimate of drug-likeness (QED) is 0.224. The Labute approximate surface area is 184 Å². The molecular formula is C25H40ClNO2. The zero-order chi connectivity index (χ0) is 20.1. The van der Waals surface area contributed by atoms with E-state index in [2.05, 4.69) is 50.3 Å². The predicted octanol–water partition coefficient (Wildman–Crippen LogP) is 2.69. The molecule has 0 radical (unpaired) electrons. The zero-order valence-electron chi connectivity index (χ0n) is 18.5. The Morgan fingerprint density at radius 1 is 1.03 bits per heavy atom. The molecule has 0 saturated carbocycles. The van der Waals surface area contributed by atoms with Crippen molar-refractivity contribution in [3.8, 4) is 0 Å². The molecule has 1 aliphatic heterocycles. The Morgan fingerprint density at radius 2 is 1.72 bits per heavy atom. The number of carbonyl (C=O) groups excluding carboxylic acids is 1. The standard InChI is InChI=1S/C25H40NO2.ClH/c1-3-4-5-6-13-20-28-25(27)22-26(17-11-8-12-18-26)19-16-23(2)21-24-14-9-7-10-15-24;/h7,9-10,14-16H,3-6,8,11-13,17-22H2,1-2H3;1H/q+1;/p-1/b23-16-;. The first kappa shape index (κ1) is 25.7. The Kier molecular flexibility index (Phi) is 13.0. The van der Waals surface area contributed by atoms with Gasteiger partial charge < -0.3 is 21.6 Å². The van der Waals surface area contributed by atoms with Gasteiger partial charge in [0.05, 0.1) is 26.2 Å². The van der Waals surface area contributed by atoms with Gasteiger partial charge in [-0.2, -0.15) is 0 Å². The minimum absolute atomic E-state index is 0. The van der Waals surface area contributed by atoms with Crippen molar-refractivity contribution in [2.24, 2.45) is 0 Å². The van der Waals surface area contributed by atoms with E-state index in [4.69, 9.17) is 4.74 Å². The number of carbonyl (C=O) groups is 1. The first-order chi connectivity index (χ1) is 13.6. The van der Waals surface area contributed by atoms with Crippen molar-refractivity contribution in [1.82, 2.24) is 0 Å². The fourth-order valence-corrected chi connectivity index (χ4v) is 4.14. The van der Waals surface area contributed by atoms with Gasteiger partial charge in [0, 0.05) is 0 Å². The third-order valence-corrected chi connectivity index (χ3v) is 5.89. The molecular weight excluding hydrogens is 382 g/mol. The SMILES string of the molecule is CCCCCCCOC(=O)C[N+]1(C/C=C(/C)Cc2ccccc2)CCCCC1.[Cl-]. The van der Waals surface area contributed by atoms with E-state index in [1.165, 1.54) is 56.1 Å². The number of hydrogen-bond donors (Lipinski definition) is 0. The highest BCUT2D eigenvalue weighted by Gasteiger charge is 2.32. The highest BCUT2D eigenvalue weighted by Crippen LogP contribution is 2.20. The summed E-state index contributed by atoms with van der Waals surface area (Å²) in [6, 6.07) is 10.6. The van der Waals surface area contributed by atoms with Crippen molar-refractivity contribution in [3.05, 3.63) is 47.5 Å². The molecule has 0 aliphatic carbocycles. The minimum atomic E-state index is -0.00787. The summed E-state index contributed by atoms with van der Waals surface area (Å²) in [5, 5.41) is 0. The number of hydrogen-bond acceptors (Lipinski definition) is 2. The summed E-state index contributed by atoms with van der Waals surface area (Å²) in [6.07, 6.45) is 13.0. The van der Waals surface area contributed by atoms with Crippen LogP contribution in [0.15, 0.2) is 42.0 Å². The van der Waals surface area contributed by atoms with E-state index in [0.29, 0.717) is 13.2 Å². The Balaban J connectivity index is 0.00000420. The lowest BCUT2D eigenvalue weighted by Gasteiger charge is -2.40. The molecule has 0 amide bonds. The van der Waals surface area contributed by atoms with Crippen LogP contribution in [-0.4, -0.2) is 43.2 Å². The van der Waals surface area contributed by atoms with E-state index in [-0.39, 0.29) is 18.4 Å². The molecule has 0 unspecified atom stereocenters. The van der Waals surface area contributed by atoms with Crippen LogP contribution in [0.4, 0.5) is 0 Å². The Hall–Kier alpha value is -1.32. The number of rotatable bonds is 12. The van der Waals surface area contributed by atoms with Crippen LogP contribution in [0.1, 0.15) is 70.8 Å². The number of ether oxygens (including phenoxy) is 1. The second kappa shape index (κ2) is 14.6. The number of piperidine rings is 1. The van der Waals surface area contributed by atoms with Gasteiger partial charge in [0.25, 0.3) is 0 Å². The van der Waals surface area contributed by atoms with Crippen LogP contribution >= 0.6 is 0 Å². The molecule has 0 atom stereocenters. The molecule has 0 spiro atoms. The number of nitrogens with zero attached hydrogens (tertiary/aromatic N) is 1. The number of halogens is 1. The van der Waals surface area contributed by atoms with Crippen molar-refractivity contribution in [3.63, 3.8) is 0 Å². The van der Waals surface area contributed by atoms with Crippen LogP contribution in [0.5, 0.6) is 0 Å². The van der Waals surface area contributed by atoms with Gasteiger partial charge in [0.1, 0.15) is 0 Å². The van der Waals surface area contributed by atoms with Gasteiger partial charge in [-0.15, -0.1) is 0 Å². The maximum atomic E-state index is 12.5. The third kappa shape index (κ3) is 10.3. The predicted molar refractivity (Wildman–Crippen MR) is 117 cm³/mol. The molecule has 29 heavy (non-hydrogen) atoms. The molecule has 1 aliphatic rings. The number of unbranched alkanes of at least 4 members (excludes halogenated alkanes) is 4. The average Bonchev–Trinajstić information content (AvgIpc) is 2.71. The van der Waals surface area contributed by atoms with Gasteiger partial charge in [0.15, 0.2) is 6.54 Å². The Bertz CT molecular complexity index is 594. The first-order valence-electron chi connectivity index (χ1n) is 11.3. The van der Waals surface area contributed by atoms with Crippen molar-refractivity contribution >= 4 is 5.97 Å². The van der Waals surface area contributed by atoms with E-state index < -0.39 is 0 Å². The third-order valence-electron chi connectivity index (χ3n) is 5.89. The van der Waals surface area contributed by atoms with E-state index in [1.54, 1.807) is 0 Å². The number of quaternary nitrogens is 1. The molecule has 164 valence electrons. The van der Waals surface area contributed by atoms with E-state index in [9.17, 15) is 4.79 Å². The van der Waals surface area contributed by atoms with Crippen LogP contribution in [0, 0.1) is 0 Å². The van der Waals surface area contributed by atoms with E-state index in [1.807, 2.05) is 0 Å². The summed E-state index contributed by atoms with van der Waals surface area (Å²) in [7, 11) is 0. The van der Waals surface area contributed by atoms with Gasteiger partial charge in [-0.3, -0.25) is 0 Å². The molecule has 0 aromatic heterocycles. The number of benzene rings is 1. The lowest BCUT2D eigenvalue weighted by Crippen LogP contribution is -3.00. The minimum Gasteiger partial charge on any atom is -1.00 e. The molecule has 2 rings (SSSR count). The number of likely N-dealkylation sites (tertiary alicyclic amines) is 1. The van der Waals surface area contributed by atoms with Crippen molar-refractivity contribution in [2.45, 2.75) is 71.6 Å². The second-order valence-corrected chi connectivity index (χ2v) is 8.54. The van der Waals surface area contributed by atoms with E-state index >= 15 is 0 Å². The van der Waals surface area contributed by atoms with Crippen LogP contribution in [0.25, 0.3) is 0 Å². The van der Waals surface area contributed by atoms with Crippen molar-refractivity contribution in [1.29, 1.82) is 0 Å². The molecule has 4 heteroatoms. The summed E-state index contributed by atoms with van der Waals surface area (Å²) in [6.45, 7) is 8.70. The molecule has 0 bridgehead atoms. The zero-order valence-corrected chi connectivity index (χ0v) is 19.3. The maximum Gasteiger partial charge on any atom is 0.361 e. The highest BCUT2D eigenvalue weighted by molar-refractivity contribution is 5.70. The second-order valence-electron chi connectivity index (χ2n) is 8.54. The van der Waals surface area contributed by atoms with Crippen molar-refractivity contribution in [2.75, 3.05) is 32.8 Å². The average molecular weight is 422 g/mol. The van der Waals surface area contributed by atoms with Crippen LogP contribution < -0.4 is 12.4 Å². The largest absolute Gasteiger partial charge is 1.00 e. The lowest BCUT2D eigenvalue weighted by molar-refractivity contribution is -0.920. The number of allylic oxidation sites excluding steroid dienone is 1. The fraction of sp³-hybridized carbons (Fsp3) is 0.640. The molecule has 1 aromatic carbocycles. The monoisotopic (exact) mass is 421 g/mol. The summed E-state index contributed by atoms with van der Waals surface area (Å²) in [5.41, 5.74) is 2.74. The van der Waals surface area contributed by atoms with Gasteiger partial charge in [-0.1, -0.05) is 68.5 Å². The van der Waals surface area contributed by atoms with Gasteiger partial charge >= 0.3 is 5.97 Å². The maximum absolute atomic E-state index is 12.5. The Morgan fingerprint density at radius 3 is 2.41 bits per heavy atom. The first-order valence-corrected chi connectivity index (χ1v) is 11.3. The summed E-state index contributed by atoms with van der Waals surface area (Å²) in [5.74, 6) is -0.00787. The molecule has 1 fully saturated rings. The fourth-order valence-electron chi connectivity index (χ4n) is 4.14. The van der Waals surface area contributed by atoms with Crippen LogP contribution in [0.3, 0.4) is 0 Å². The van der Waals surface area contributed by atoms with Crippen LogP contribution in [-0.2, 0) is 16.0 Å². The van der Waals surface area contributed by atoms with Gasteiger partial charge in [0.2, 0.25) is 0 Å². The highest BCUT2D eigenvalue weighted by atomic mass is 35.5. The summed E-state index contributed by atoms with van der Waals surface area (Å²) < 4.78 is 6.45. The number of esters is 1. The lowest BCUT2D eigenvalue weighted by atomic mass is 10.0. The van der Waals surface area contributed by atoms with Crippen molar-refractivity contribution < 1.29 is 26.4 Å². The van der Waals surface area contributed by atoms with E-state index in [0.717, 1.165) is 37.0 Å². The molecule has 1 heterocycles. The van der Waals surface area contributed by atoms with Gasteiger partial charge in [-0.25, -0.2) is 4.79 Å². The molecule has 1 aromatic rings. The molecule has 0 N–H and O–H groups in total. The normalized spacial score (nSPS) is 16.1. The summed E-state index contributed by atoms with van der Waals surface area (Å²) in [4.78, 5) is 12.5. The smallest absolute Gasteiger partial charge is 0.361 e. The molecule has 3 nitrogen and oxygen atoms in total. The van der Waals surface area contributed by atoms with Gasteiger partial charge in [-0.05, 0) is 50.7 Å². The van der Waals surface area contributed by atoms with Crippen LogP contribution in [0.2, 0.25) is 0 Å². The summed E-state index contributed by atoms with van der Waals surface area (Å²) >= 11 is 0. The molecule has 1 saturated heterocycles. The topological polar surface area (TPSA) is 26.3 Å².